The van der Waals surface area contributed by atoms with Crippen molar-refractivity contribution in [3.8, 4) is 23.3 Å². The van der Waals surface area contributed by atoms with E-state index >= 15 is 0 Å². The van der Waals surface area contributed by atoms with Gasteiger partial charge in [-0.05, 0) is 94.7 Å². The topological polar surface area (TPSA) is 198 Å². The molecule has 67 heavy (non-hydrogen) atoms. The number of nitrogens with one attached hydrogen (secondary N) is 4. The van der Waals surface area contributed by atoms with Gasteiger partial charge >= 0.3 is 12.1 Å². The standard InChI is InChI=1S/C24H31FN6O3.C24H31FN4O4/c1-5-14-6-8-17(16(25)10-14)29-22-20(33-4)23(28-12-27-22)34-19-11-15-7-9-18(19)31(15)24(32)30-21(26)13(2)3;1-6-14-7-9-17(16(25)11-14)28-21-20(31-5)22(27-13-26-21)32-19-12-15-8-10-18(19)29(15)23(30)33-24(2,3)4/h6,8,10,12-13,15,18-19H,5,7,9,11H2,1-4H3,(H2,26,30,32)(H,27,28,29);7,9,11,13,15,18-19H,6,8,10,12H2,1-5H3,(H,26,27,28)/t2*15?,18?,19-/m00/s1. The fourth-order valence-electron chi connectivity index (χ4n) is 9.09. The molecular formula is C48H62F2N10O7. The monoisotopic (exact) mass is 928 g/mol. The minimum Gasteiger partial charge on any atom is -0.489 e. The molecule has 2 aromatic carbocycles. The number of fused-ring (bicyclic) bond motifs is 4. The first-order valence-electron chi connectivity index (χ1n) is 22.9. The fourth-order valence-corrected chi connectivity index (χ4v) is 9.09. The molecule has 6 atom stereocenters. The molecule has 0 aliphatic carbocycles. The summed E-state index contributed by atoms with van der Waals surface area (Å²) in [6.07, 6.45) is 8.15. The molecule has 17 nitrogen and oxygen atoms in total. The zero-order valence-electron chi connectivity index (χ0n) is 39.6. The van der Waals surface area contributed by atoms with Crippen molar-refractivity contribution in [3.63, 3.8) is 0 Å². The molecule has 0 saturated carbocycles. The molecule has 0 radical (unpaired) electrons. The van der Waals surface area contributed by atoms with E-state index < -0.39 is 5.60 Å². The third kappa shape index (κ3) is 10.9. The number of nitrogens with zero attached hydrogens (tertiary/aromatic N) is 6. The third-order valence-corrected chi connectivity index (χ3v) is 12.5. The van der Waals surface area contributed by atoms with Gasteiger partial charge in [0.2, 0.25) is 11.5 Å². The van der Waals surface area contributed by atoms with Crippen LogP contribution in [0.4, 0.5) is 41.4 Å². The number of benzene rings is 2. The number of hydrogen-bond donors (Lipinski definition) is 4. The smallest absolute Gasteiger partial charge is 0.410 e. The number of hydrogen-bond acceptors (Lipinski definition) is 14. The summed E-state index contributed by atoms with van der Waals surface area (Å²) < 4.78 is 58.1. The number of halogens is 2. The Hall–Kier alpha value is -6.53. The van der Waals surface area contributed by atoms with E-state index in [4.69, 9.17) is 29.1 Å². The molecule has 4 fully saturated rings. The van der Waals surface area contributed by atoms with E-state index in [2.05, 4.69) is 35.9 Å². The van der Waals surface area contributed by atoms with Gasteiger partial charge < -0.3 is 39.2 Å². The number of amidine groups is 1. The Morgan fingerprint density at radius 3 is 1.63 bits per heavy atom. The number of aromatic nitrogens is 4. The number of ether oxygens (including phenoxy) is 5. The lowest BCUT2D eigenvalue weighted by Gasteiger charge is -2.28. The van der Waals surface area contributed by atoms with Gasteiger partial charge in [-0.2, -0.15) is 9.97 Å². The second-order valence-corrected chi connectivity index (χ2v) is 18.4. The maximum absolute atomic E-state index is 14.5. The lowest BCUT2D eigenvalue weighted by atomic mass is 9.98. The summed E-state index contributed by atoms with van der Waals surface area (Å²) >= 11 is 0. The van der Waals surface area contributed by atoms with E-state index in [9.17, 15) is 18.4 Å². The average Bonchev–Trinajstić information content (AvgIpc) is 4.07. The summed E-state index contributed by atoms with van der Waals surface area (Å²) in [6.45, 7) is 13.2. The lowest BCUT2D eigenvalue weighted by molar-refractivity contribution is 0.0179. The van der Waals surface area contributed by atoms with Gasteiger partial charge in [-0.3, -0.25) is 15.6 Å². The minimum atomic E-state index is -0.559. The molecule has 8 rings (SSSR count). The molecule has 4 bridgehead atoms. The Morgan fingerprint density at radius 1 is 0.746 bits per heavy atom. The van der Waals surface area contributed by atoms with Crippen LogP contribution in [0.15, 0.2) is 49.1 Å². The number of rotatable bonds is 13. The van der Waals surface area contributed by atoms with Gasteiger partial charge in [0.25, 0.3) is 11.8 Å². The number of urea groups is 1. The average molecular weight is 929 g/mol. The van der Waals surface area contributed by atoms with Crippen LogP contribution in [0.3, 0.4) is 0 Å². The second-order valence-electron chi connectivity index (χ2n) is 18.4. The quantitative estimate of drug-likeness (QED) is 0.0732. The molecule has 4 aliphatic heterocycles. The summed E-state index contributed by atoms with van der Waals surface area (Å²) in [5, 5.41) is 16.6. The molecule has 6 heterocycles. The van der Waals surface area contributed by atoms with Crippen molar-refractivity contribution in [1.29, 1.82) is 5.41 Å². The number of carbonyl (C=O) groups excluding carboxylic acids is 2. The number of carbonyl (C=O) groups is 2. The Kier molecular flexibility index (Phi) is 14.8. The summed E-state index contributed by atoms with van der Waals surface area (Å²) in [5.41, 5.74) is 1.80. The largest absolute Gasteiger partial charge is 0.489 e. The first-order valence-corrected chi connectivity index (χ1v) is 22.9. The Labute approximate surface area is 390 Å². The highest BCUT2D eigenvalue weighted by Crippen LogP contribution is 2.44. The minimum absolute atomic E-state index is 0.0477. The Bertz CT molecular complexity index is 2440. The van der Waals surface area contributed by atoms with Gasteiger partial charge in [-0.25, -0.2) is 28.3 Å². The van der Waals surface area contributed by atoms with E-state index in [1.807, 2.05) is 60.6 Å². The Morgan fingerprint density at radius 2 is 1.21 bits per heavy atom. The molecule has 4 N–H and O–H groups in total. The van der Waals surface area contributed by atoms with Crippen LogP contribution >= 0.6 is 0 Å². The zero-order chi connectivity index (χ0) is 48.2. The van der Waals surface area contributed by atoms with Crippen LogP contribution in [-0.4, -0.2) is 104 Å². The predicted octanol–water partition coefficient (Wildman–Crippen LogP) is 9.11. The van der Waals surface area contributed by atoms with Crippen molar-refractivity contribution >= 4 is 41.0 Å². The van der Waals surface area contributed by atoms with Crippen LogP contribution in [0, 0.1) is 23.0 Å². The van der Waals surface area contributed by atoms with E-state index in [1.165, 1.54) is 39.0 Å². The zero-order valence-corrected chi connectivity index (χ0v) is 39.6. The highest BCUT2D eigenvalue weighted by Gasteiger charge is 2.52. The molecular weight excluding hydrogens is 867 g/mol. The number of methoxy groups -OCH3 is 2. The van der Waals surface area contributed by atoms with E-state index in [-0.39, 0.29) is 107 Å². The van der Waals surface area contributed by atoms with Crippen LogP contribution in [0.2, 0.25) is 0 Å². The van der Waals surface area contributed by atoms with Gasteiger partial charge in [-0.15, -0.1) is 0 Å². The van der Waals surface area contributed by atoms with Gasteiger partial charge in [0.15, 0.2) is 11.6 Å². The van der Waals surface area contributed by atoms with Crippen molar-refractivity contribution in [2.45, 2.75) is 142 Å². The molecule has 19 heteroatoms. The molecule has 0 spiro atoms. The second kappa shape index (κ2) is 20.5. The summed E-state index contributed by atoms with van der Waals surface area (Å²) in [7, 11) is 2.96. The van der Waals surface area contributed by atoms with Crippen molar-refractivity contribution in [3.05, 3.63) is 71.8 Å². The van der Waals surface area contributed by atoms with E-state index in [0.29, 0.717) is 24.5 Å². The third-order valence-electron chi connectivity index (χ3n) is 12.5. The van der Waals surface area contributed by atoms with E-state index in [0.717, 1.165) is 49.7 Å². The lowest BCUT2D eigenvalue weighted by Crippen LogP contribution is -2.47. The van der Waals surface area contributed by atoms with Gasteiger partial charge in [-0.1, -0.05) is 39.8 Å². The van der Waals surface area contributed by atoms with Crippen molar-refractivity contribution in [1.82, 2.24) is 35.1 Å². The van der Waals surface area contributed by atoms with Crippen LogP contribution in [0.5, 0.6) is 23.3 Å². The summed E-state index contributed by atoms with van der Waals surface area (Å²) in [5.74, 6) is 1.00. The number of amides is 3. The fraction of sp³-hybridized carbons (Fsp3) is 0.521. The molecule has 4 aliphatic rings. The first kappa shape index (κ1) is 48.4. The molecule has 4 aromatic rings. The van der Waals surface area contributed by atoms with Gasteiger partial charge in [0.05, 0.1) is 37.7 Å². The van der Waals surface area contributed by atoms with Crippen LogP contribution in [0.1, 0.15) is 98.1 Å². The maximum atomic E-state index is 14.5. The molecule has 4 saturated heterocycles. The van der Waals surface area contributed by atoms with Crippen LogP contribution in [0.25, 0.3) is 0 Å². The maximum Gasteiger partial charge on any atom is 0.410 e. The Balaban J connectivity index is 0.000000199. The highest BCUT2D eigenvalue weighted by molar-refractivity contribution is 5.97. The predicted molar refractivity (Wildman–Crippen MR) is 248 cm³/mol. The van der Waals surface area contributed by atoms with Crippen molar-refractivity contribution in [2.75, 3.05) is 24.9 Å². The van der Waals surface area contributed by atoms with Crippen LogP contribution in [-0.2, 0) is 17.6 Å². The van der Waals surface area contributed by atoms with Gasteiger partial charge in [0.1, 0.15) is 47.9 Å². The normalized spacial score (nSPS) is 21.4. The van der Waals surface area contributed by atoms with E-state index in [1.54, 1.807) is 21.9 Å². The SMILES string of the molecule is CCc1ccc(Nc2ncnc(O[C@H]3CC4CCC3N4C(=O)NC(=N)C(C)C)c2OC)c(F)c1.CCc1ccc(Nc2ncnc(O[C@H]3CC4CCC3N4C(=O)OC(C)(C)C)c2OC)c(F)c1. The van der Waals surface area contributed by atoms with Gasteiger partial charge in [0, 0.05) is 30.8 Å². The number of anilines is 4. The van der Waals surface area contributed by atoms with Crippen molar-refractivity contribution in [2.24, 2.45) is 5.92 Å². The first-order chi connectivity index (χ1) is 32.0. The molecule has 2 aromatic heterocycles. The highest BCUT2D eigenvalue weighted by atomic mass is 19.1. The number of aryl methyl sites for hydroxylation is 2. The summed E-state index contributed by atoms with van der Waals surface area (Å²) in [4.78, 5) is 46.0. The molecule has 360 valence electrons. The van der Waals surface area contributed by atoms with Crippen molar-refractivity contribution < 1.29 is 42.1 Å². The molecule has 3 amide bonds. The molecule has 4 unspecified atom stereocenters. The van der Waals surface area contributed by atoms with Crippen LogP contribution < -0.4 is 34.9 Å². The summed E-state index contributed by atoms with van der Waals surface area (Å²) in [6, 6.07) is 9.66.